The standard InChI is InChI=1S/C18H21ClN2O5S/c1-12(11-25-2)21-27(23,24)15-7-8-17(26-3)16(10-15)20-18(22)13-5-4-6-14(19)9-13/h4-10,12,21H,11H2,1-3H3,(H,20,22)/t12-/m0/s1. The molecule has 0 aliphatic rings. The number of hydrogen-bond acceptors (Lipinski definition) is 5. The fraction of sp³-hybridized carbons (Fsp3) is 0.278. The smallest absolute Gasteiger partial charge is 0.255 e. The zero-order valence-corrected chi connectivity index (χ0v) is 16.7. The summed E-state index contributed by atoms with van der Waals surface area (Å²) in [7, 11) is -0.879. The van der Waals surface area contributed by atoms with Crippen molar-refractivity contribution in [1.82, 2.24) is 4.72 Å². The number of rotatable bonds is 8. The van der Waals surface area contributed by atoms with E-state index in [1.807, 2.05) is 0 Å². The molecular weight excluding hydrogens is 392 g/mol. The number of carbonyl (C=O) groups is 1. The van der Waals surface area contributed by atoms with Crippen molar-refractivity contribution >= 4 is 33.2 Å². The number of sulfonamides is 1. The number of benzene rings is 2. The largest absolute Gasteiger partial charge is 0.495 e. The highest BCUT2D eigenvalue weighted by atomic mass is 35.5. The van der Waals surface area contributed by atoms with Crippen LogP contribution >= 0.6 is 11.6 Å². The predicted octanol–water partition coefficient (Wildman–Crippen LogP) is 2.91. The van der Waals surface area contributed by atoms with Gasteiger partial charge in [0.2, 0.25) is 10.0 Å². The second kappa shape index (κ2) is 9.18. The highest BCUT2D eigenvalue weighted by Gasteiger charge is 2.20. The highest BCUT2D eigenvalue weighted by Crippen LogP contribution is 2.28. The van der Waals surface area contributed by atoms with Gasteiger partial charge in [0, 0.05) is 23.7 Å². The normalized spacial score (nSPS) is 12.4. The number of methoxy groups -OCH3 is 2. The molecule has 27 heavy (non-hydrogen) atoms. The molecule has 2 N–H and O–H groups in total. The maximum Gasteiger partial charge on any atom is 0.255 e. The Morgan fingerprint density at radius 1 is 1.19 bits per heavy atom. The number of hydrogen-bond donors (Lipinski definition) is 2. The van der Waals surface area contributed by atoms with Gasteiger partial charge in [-0.25, -0.2) is 13.1 Å². The number of anilines is 1. The lowest BCUT2D eigenvalue weighted by Crippen LogP contribution is -2.35. The van der Waals surface area contributed by atoms with Crippen molar-refractivity contribution in [3.63, 3.8) is 0 Å². The summed E-state index contributed by atoms with van der Waals surface area (Å²) in [4.78, 5) is 12.4. The van der Waals surface area contributed by atoms with Crippen molar-refractivity contribution in [2.75, 3.05) is 26.1 Å². The van der Waals surface area contributed by atoms with Gasteiger partial charge in [-0.1, -0.05) is 17.7 Å². The zero-order valence-electron chi connectivity index (χ0n) is 15.2. The molecule has 0 heterocycles. The van der Waals surface area contributed by atoms with Crippen LogP contribution in [-0.2, 0) is 14.8 Å². The lowest BCUT2D eigenvalue weighted by molar-refractivity contribution is 0.102. The molecule has 0 aliphatic carbocycles. The zero-order chi connectivity index (χ0) is 20.0. The van der Waals surface area contributed by atoms with Gasteiger partial charge in [0.1, 0.15) is 5.75 Å². The van der Waals surface area contributed by atoms with Crippen molar-refractivity contribution in [3.8, 4) is 5.75 Å². The van der Waals surface area contributed by atoms with E-state index in [9.17, 15) is 13.2 Å². The first-order chi connectivity index (χ1) is 12.8. The van der Waals surface area contributed by atoms with Crippen LogP contribution in [0.15, 0.2) is 47.4 Å². The summed E-state index contributed by atoms with van der Waals surface area (Å²) in [6.07, 6.45) is 0. The van der Waals surface area contributed by atoms with Crippen LogP contribution in [0.4, 0.5) is 5.69 Å². The minimum atomic E-state index is -3.79. The first-order valence-electron chi connectivity index (χ1n) is 8.03. The van der Waals surface area contributed by atoms with E-state index in [4.69, 9.17) is 21.1 Å². The average Bonchev–Trinajstić information content (AvgIpc) is 2.61. The Hall–Kier alpha value is -2.13. The number of amides is 1. The van der Waals surface area contributed by atoms with E-state index in [2.05, 4.69) is 10.0 Å². The molecule has 7 nitrogen and oxygen atoms in total. The van der Waals surface area contributed by atoms with E-state index in [0.29, 0.717) is 16.3 Å². The van der Waals surface area contributed by atoms with E-state index in [-0.39, 0.29) is 17.2 Å². The van der Waals surface area contributed by atoms with Crippen LogP contribution in [0.5, 0.6) is 5.75 Å². The summed E-state index contributed by atoms with van der Waals surface area (Å²) in [5.41, 5.74) is 0.564. The predicted molar refractivity (Wildman–Crippen MR) is 104 cm³/mol. The van der Waals surface area contributed by atoms with Crippen molar-refractivity contribution in [3.05, 3.63) is 53.1 Å². The van der Waals surface area contributed by atoms with Gasteiger partial charge in [-0.15, -0.1) is 0 Å². The van der Waals surface area contributed by atoms with Crippen LogP contribution in [0.1, 0.15) is 17.3 Å². The van der Waals surface area contributed by atoms with Crippen LogP contribution in [0.25, 0.3) is 0 Å². The molecule has 0 saturated heterocycles. The Bertz CT molecular complexity index is 918. The minimum absolute atomic E-state index is 0.00681. The van der Waals surface area contributed by atoms with E-state index in [1.165, 1.54) is 38.5 Å². The molecule has 0 unspecified atom stereocenters. The SMILES string of the molecule is COC[C@H](C)NS(=O)(=O)c1ccc(OC)c(NC(=O)c2cccc(Cl)c2)c1. The van der Waals surface area contributed by atoms with Gasteiger partial charge in [0.15, 0.2) is 0 Å². The monoisotopic (exact) mass is 412 g/mol. The molecule has 0 radical (unpaired) electrons. The maximum absolute atomic E-state index is 12.5. The fourth-order valence-corrected chi connectivity index (χ4v) is 3.84. The molecule has 9 heteroatoms. The summed E-state index contributed by atoms with van der Waals surface area (Å²) in [5.74, 6) is -0.111. The third-order valence-corrected chi connectivity index (χ3v) is 5.41. The average molecular weight is 413 g/mol. The second-order valence-electron chi connectivity index (χ2n) is 5.80. The minimum Gasteiger partial charge on any atom is -0.495 e. The van der Waals surface area contributed by atoms with Crippen molar-refractivity contribution in [2.24, 2.45) is 0 Å². The molecule has 2 aromatic carbocycles. The quantitative estimate of drug-likeness (QED) is 0.695. The van der Waals surface area contributed by atoms with E-state index in [0.717, 1.165) is 0 Å². The van der Waals surface area contributed by atoms with Crippen molar-refractivity contribution in [2.45, 2.75) is 17.9 Å². The lowest BCUT2D eigenvalue weighted by Gasteiger charge is -2.15. The molecule has 146 valence electrons. The third kappa shape index (κ3) is 5.67. The van der Waals surface area contributed by atoms with Gasteiger partial charge in [0.05, 0.1) is 24.3 Å². The van der Waals surface area contributed by atoms with E-state index in [1.54, 1.807) is 25.1 Å². The summed E-state index contributed by atoms with van der Waals surface area (Å²) < 4.78 is 37.7. The van der Waals surface area contributed by atoms with Gasteiger partial charge in [-0.2, -0.15) is 0 Å². The summed E-state index contributed by atoms with van der Waals surface area (Å²) >= 11 is 5.91. The molecular formula is C18H21ClN2O5S. The molecule has 0 spiro atoms. The molecule has 2 rings (SSSR count). The Morgan fingerprint density at radius 3 is 2.56 bits per heavy atom. The number of nitrogens with one attached hydrogen (secondary N) is 2. The molecule has 0 aliphatic heterocycles. The number of halogens is 1. The Balaban J connectivity index is 2.31. The topological polar surface area (TPSA) is 93.7 Å². The van der Waals surface area contributed by atoms with Crippen LogP contribution in [0.3, 0.4) is 0 Å². The third-order valence-electron chi connectivity index (χ3n) is 3.59. The van der Waals surface area contributed by atoms with Crippen molar-refractivity contribution in [1.29, 1.82) is 0 Å². The van der Waals surface area contributed by atoms with Crippen LogP contribution in [0.2, 0.25) is 5.02 Å². The Morgan fingerprint density at radius 2 is 1.93 bits per heavy atom. The van der Waals surface area contributed by atoms with Gasteiger partial charge >= 0.3 is 0 Å². The molecule has 0 fully saturated rings. The lowest BCUT2D eigenvalue weighted by atomic mass is 10.2. The number of carbonyl (C=O) groups excluding carboxylic acids is 1. The fourth-order valence-electron chi connectivity index (χ4n) is 2.39. The van der Waals surface area contributed by atoms with Gasteiger partial charge in [-0.3, -0.25) is 4.79 Å². The molecule has 1 amide bonds. The first kappa shape index (κ1) is 21.2. The van der Waals surface area contributed by atoms with Gasteiger partial charge in [0.25, 0.3) is 5.91 Å². The molecule has 0 saturated carbocycles. The molecule has 0 bridgehead atoms. The van der Waals surface area contributed by atoms with Crippen molar-refractivity contribution < 1.29 is 22.7 Å². The van der Waals surface area contributed by atoms with Crippen LogP contribution < -0.4 is 14.8 Å². The number of ether oxygens (including phenoxy) is 2. The summed E-state index contributed by atoms with van der Waals surface area (Å²) in [6.45, 7) is 1.92. The molecule has 2 aromatic rings. The van der Waals surface area contributed by atoms with E-state index < -0.39 is 22.0 Å². The summed E-state index contributed by atoms with van der Waals surface area (Å²) in [5, 5.41) is 3.08. The summed E-state index contributed by atoms with van der Waals surface area (Å²) in [6, 6.07) is 10.2. The van der Waals surface area contributed by atoms with Crippen LogP contribution in [-0.4, -0.2) is 41.2 Å². The van der Waals surface area contributed by atoms with Gasteiger partial charge in [-0.05, 0) is 43.3 Å². The molecule has 0 aromatic heterocycles. The molecule has 1 atom stereocenters. The Labute approximate surface area is 163 Å². The van der Waals surface area contributed by atoms with E-state index >= 15 is 0 Å². The first-order valence-corrected chi connectivity index (χ1v) is 9.89. The Kier molecular flexibility index (Phi) is 7.20. The van der Waals surface area contributed by atoms with Gasteiger partial charge < -0.3 is 14.8 Å². The highest BCUT2D eigenvalue weighted by molar-refractivity contribution is 7.89. The van der Waals surface area contributed by atoms with Crippen LogP contribution in [0, 0.1) is 0 Å². The second-order valence-corrected chi connectivity index (χ2v) is 7.95. The maximum atomic E-state index is 12.5.